The topological polar surface area (TPSA) is 25.2 Å². The van der Waals surface area contributed by atoms with Crippen molar-refractivity contribution in [3.05, 3.63) is 34.5 Å². The predicted molar refractivity (Wildman–Crippen MR) is 68.5 cm³/mol. The molecule has 1 aromatic heterocycles. The molecule has 2 nitrogen and oxygen atoms in total. The van der Waals surface area contributed by atoms with E-state index in [0.29, 0.717) is 0 Å². The first-order valence-electron chi connectivity index (χ1n) is 5.61. The maximum absolute atomic E-state index is 5.43. The third-order valence-corrected chi connectivity index (χ3v) is 4.15. The molecule has 0 aliphatic carbocycles. The van der Waals surface area contributed by atoms with Gasteiger partial charge in [0, 0.05) is 10.9 Å². The summed E-state index contributed by atoms with van der Waals surface area (Å²) in [6.07, 6.45) is 4.20. The fraction of sp³-hybridized carbons (Fsp3) is 0.385. The van der Waals surface area contributed by atoms with Crippen molar-refractivity contribution in [3.8, 4) is 0 Å². The Bertz CT molecular complexity index is 526. The lowest BCUT2D eigenvalue weighted by Crippen LogP contribution is -2.32. The Morgan fingerprint density at radius 1 is 1.44 bits per heavy atom. The minimum Gasteiger partial charge on any atom is -0.463 e. The van der Waals surface area contributed by atoms with E-state index in [4.69, 9.17) is 4.42 Å². The van der Waals surface area contributed by atoms with Gasteiger partial charge in [-0.15, -0.1) is 0 Å². The van der Waals surface area contributed by atoms with E-state index in [0.717, 1.165) is 22.0 Å². The summed E-state index contributed by atoms with van der Waals surface area (Å²) in [5, 5.41) is 4.74. The molecule has 84 valence electrons. The highest BCUT2D eigenvalue weighted by Gasteiger charge is 2.30. The zero-order valence-electron chi connectivity index (χ0n) is 9.22. The molecule has 1 N–H and O–H groups in total. The summed E-state index contributed by atoms with van der Waals surface area (Å²) >= 11 is 3.51. The highest BCUT2D eigenvalue weighted by molar-refractivity contribution is 9.10. The summed E-state index contributed by atoms with van der Waals surface area (Å²) in [6.45, 7) is 3.39. The van der Waals surface area contributed by atoms with Gasteiger partial charge < -0.3 is 9.73 Å². The van der Waals surface area contributed by atoms with Crippen LogP contribution in [0.1, 0.15) is 25.3 Å². The summed E-state index contributed by atoms with van der Waals surface area (Å²) in [5.74, 6) is 0. The fourth-order valence-corrected chi connectivity index (χ4v) is 2.89. The third-order valence-electron chi connectivity index (χ3n) is 3.53. The minimum absolute atomic E-state index is 0.130. The maximum atomic E-state index is 5.43. The van der Waals surface area contributed by atoms with Crippen LogP contribution in [-0.4, -0.2) is 6.54 Å². The van der Waals surface area contributed by atoms with Crippen molar-refractivity contribution in [2.75, 3.05) is 6.54 Å². The maximum Gasteiger partial charge on any atom is 0.135 e. The van der Waals surface area contributed by atoms with Crippen LogP contribution in [0.3, 0.4) is 0 Å². The van der Waals surface area contributed by atoms with Gasteiger partial charge in [0.15, 0.2) is 0 Å². The molecule has 2 aromatic rings. The summed E-state index contributed by atoms with van der Waals surface area (Å²) in [5.41, 5.74) is 2.42. The standard InChI is InChI=1S/C13H14BrNO/c1-13(5-2-6-15-13)9-3-4-12-10(7-9)11(14)8-16-12/h3-4,7-8,15H,2,5-6H2,1H3. The van der Waals surface area contributed by atoms with Crippen molar-refractivity contribution >= 4 is 26.9 Å². The number of halogens is 1. The molecule has 1 aromatic carbocycles. The largest absolute Gasteiger partial charge is 0.463 e. The second-order valence-electron chi connectivity index (χ2n) is 4.66. The molecule has 16 heavy (non-hydrogen) atoms. The molecule has 3 heteroatoms. The van der Waals surface area contributed by atoms with Gasteiger partial charge >= 0.3 is 0 Å². The van der Waals surface area contributed by atoms with E-state index < -0.39 is 0 Å². The van der Waals surface area contributed by atoms with Gasteiger partial charge in [0.1, 0.15) is 11.8 Å². The molecule has 0 spiro atoms. The van der Waals surface area contributed by atoms with E-state index in [2.05, 4.69) is 46.4 Å². The summed E-state index contributed by atoms with van der Waals surface area (Å²) in [7, 11) is 0. The van der Waals surface area contributed by atoms with Crippen molar-refractivity contribution in [2.45, 2.75) is 25.3 Å². The molecule has 0 bridgehead atoms. The van der Waals surface area contributed by atoms with Gasteiger partial charge in [0.25, 0.3) is 0 Å². The molecular formula is C13H14BrNO. The van der Waals surface area contributed by atoms with Crippen LogP contribution in [-0.2, 0) is 5.54 Å². The van der Waals surface area contributed by atoms with Crippen LogP contribution >= 0.6 is 15.9 Å². The molecular weight excluding hydrogens is 266 g/mol. The third kappa shape index (κ3) is 1.50. The number of benzene rings is 1. The van der Waals surface area contributed by atoms with E-state index in [-0.39, 0.29) is 5.54 Å². The zero-order valence-corrected chi connectivity index (χ0v) is 10.8. The van der Waals surface area contributed by atoms with Gasteiger partial charge in [-0.2, -0.15) is 0 Å². The number of rotatable bonds is 1. The lowest BCUT2D eigenvalue weighted by Gasteiger charge is -2.25. The van der Waals surface area contributed by atoms with Crippen molar-refractivity contribution in [1.82, 2.24) is 5.32 Å². The van der Waals surface area contributed by atoms with Gasteiger partial charge in [0.2, 0.25) is 0 Å². The molecule has 1 saturated heterocycles. The monoisotopic (exact) mass is 279 g/mol. The second-order valence-corrected chi connectivity index (χ2v) is 5.51. The quantitative estimate of drug-likeness (QED) is 0.859. The van der Waals surface area contributed by atoms with Crippen LogP contribution in [0, 0.1) is 0 Å². The molecule has 0 amide bonds. The SMILES string of the molecule is CC1(c2ccc3occ(Br)c3c2)CCCN1. The van der Waals surface area contributed by atoms with Crippen LogP contribution < -0.4 is 5.32 Å². The smallest absolute Gasteiger partial charge is 0.135 e. The predicted octanol–water partition coefficient (Wildman–Crippen LogP) is 3.79. The summed E-state index contributed by atoms with van der Waals surface area (Å²) < 4.78 is 6.47. The second kappa shape index (κ2) is 3.60. The fourth-order valence-electron chi connectivity index (χ4n) is 2.48. The number of nitrogens with one attached hydrogen (secondary N) is 1. The Morgan fingerprint density at radius 2 is 2.31 bits per heavy atom. The van der Waals surface area contributed by atoms with Crippen LogP contribution in [0.4, 0.5) is 0 Å². The summed E-state index contributed by atoms with van der Waals surface area (Å²) in [4.78, 5) is 0. The van der Waals surface area contributed by atoms with Gasteiger partial charge in [-0.1, -0.05) is 6.07 Å². The van der Waals surface area contributed by atoms with Crippen LogP contribution in [0.2, 0.25) is 0 Å². The van der Waals surface area contributed by atoms with Crippen LogP contribution in [0.25, 0.3) is 11.0 Å². The molecule has 1 unspecified atom stereocenters. The lowest BCUT2D eigenvalue weighted by molar-refractivity contribution is 0.435. The Balaban J connectivity index is 2.13. The van der Waals surface area contributed by atoms with Crippen molar-refractivity contribution < 1.29 is 4.42 Å². The first kappa shape index (κ1) is 10.4. The molecule has 2 heterocycles. The number of hydrogen-bond donors (Lipinski definition) is 1. The molecule has 1 atom stereocenters. The normalized spacial score (nSPS) is 25.4. The van der Waals surface area contributed by atoms with Gasteiger partial charge in [-0.25, -0.2) is 0 Å². The van der Waals surface area contributed by atoms with E-state index in [1.54, 1.807) is 6.26 Å². The molecule has 1 aliphatic heterocycles. The van der Waals surface area contributed by atoms with E-state index in [1.165, 1.54) is 18.4 Å². The van der Waals surface area contributed by atoms with Crippen molar-refractivity contribution in [2.24, 2.45) is 0 Å². The van der Waals surface area contributed by atoms with E-state index >= 15 is 0 Å². The lowest BCUT2D eigenvalue weighted by atomic mass is 9.90. The Kier molecular flexibility index (Phi) is 2.33. The Labute approximate surface area is 103 Å². The van der Waals surface area contributed by atoms with Crippen LogP contribution in [0.5, 0.6) is 0 Å². The molecule has 0 saturated carbocycles. The summed E-state index contributed by atoms with van der Waals surface area (Å²) in [6, 6.07) is 6.44. The molecule has 1 aliphatic rings. The van der Waals surface area contributed by atoms with Gasteiger partial charge in [-0.3, -0.25) is 0 Å². The number of fused-ring (bicyclic) bond motifs is 1. The molecule has 0 radical (unpaired) electrons. The Hall–Kier alpha value is -0.800. The van der Waals surface area contributed by atoms with E-state index in [1.807, 2.05) is 0 Å². The van der Waals surface area contributed by atoms with Crippen LogP contribution in [0.15, 0.2) is 33.4 Å². The minimum atomic E-state index is 0.130. The van der Waals surface area contributed by atoms with Gasteiger partial charge in [0.05, 0.1) is 4.47 Å². The highest BCUT2D eigenvalue weighted by atomic mass is 79.9. The average Bonchev–Trinajstić information content (AvgIpc) is 2.87. The zero-order chi connectivity index (χ0) is 11.2. The van der Waals surface area contributed by atoms with E-state index in [9.17, 15) is 0 Å². The molecule has 3 rings (SSSR count). The number of hydrogen-bond acceptors (Lipinski definition) is 2. The van der Waals surface area contributed by atoms with Crippen molar-refractivity contribution in [3.63, 3.8) is 0 Å². The highest BCUT2D eigenvalue weighted by Crippen LogP contribution is 2.34. The number of furan rings is 1. The first-order chi connectivity index (χ1) is 7.69. The first-order valence-corrected chi connectivity index (χ1v) is 6.41. The molecule has 1 fully saturated rings. The van der Waals surface area contributed by atoms with Gasteiger partial charge in [-0.05, 0) is 59.9 Å². The average molecular weight is 280 g/mol. The Morgan fingerprint density at radius 3 is 3.06 bits per heavy atom. The van der Waals surface area contributed by atoms with Crippen molar-refractivity contribution in [1.29, 1.82) is 0 Å².